The van der Waals surface area contributed by atoms with Crippen molar-refractivity contribution in [2.45, 2.75) is 12.8 Å². The van der Waals surface area contributed by atoms with Crippen LogP contribution in [-0.4, -0.2) is 19.0 Å². The van der Waals surface area contributed by atoms with Crippen molar-refractivity contribution in [2.24, 2.45) is 11.3 Å². The Kier molecular flexibility index (Phi) is 3.14. The quantitative estimate of drug-likeness (QED) is 0.655. The standard InChI is InChI=1S/C9H12N2O.2ClH/c12-8-9(1-3-10-4-2-9)6-5-7(6)11-8;;/h5-6,10H,1-4H2,(H,11,12);2*1H. The molecular formula is C9H14Cl2N2O. The van der Waals surface area contributed by atoms with Crippen molar-refractivity contribution in [2.75, 3.05) is 13.1 Å². The molecule has 1 atom stereocenters. The smallest absolute Gasteiger partial charge is 0.231 e. The first-order valence-electron chi connectivity index (χ1n) is 4.57. The second-order valence-electron chi connectivity index (χ2n) is 3.96. The second-order valence-corrected chi connectivity index (χ2v) is 3.96. The molecular weight excluding hydrogens is 223 g/mol. The summed E-state index contributed by atoms with van der Waals surface area (Å²) in [4.78, 5) is 11.6. The summed E-state index contributed by atoms with van der Waals surface area (Å²) in [6, 6.07) is 0. The Morgan fingerprint density at radius 2 is 1.93 bits per heavy atom. The number of amides is 1. The predicted octanol–water partition coefficient (Wildman–Crippen LogP) is 0.843. The fraction of sp³-hybridized carbons (Fsp3) is 0.667. The topological polar surface area (TPSA) is 41.1 Å². The van der Waals surface area contributed by atoms with Crippen molar-refractivity contribution in [1.29, 1.82) is 0 Å². The van der Waals surface area contributed by atoms with Crippen molar-refractivity contribution < 1.29 is 4.79 Å². The molecule has 2 saturated heterocycles. The maximum atomic E-state index is 11.6. The van der Waals surface area contributed by atoms with E-state index in [0.29, 0.717) is 5.92 Å². The maximum Gasteiger partial charge on any atom is 0.231 e. The molecule has 0 aromatic heterocycles. The number of carbonyl (C=O) groups excluding carboxylic acids is 1. The lowest BCUT2D eigenvalue weighted by molar-refractivity contribution is -0.129. The number of fused-ring (bicyclic) bond motifs is 2. The van der Waals surface area contributed by atoms with E-state index < -0.39 is 0 Å². The summed E-state index contributed by atoms with van der Waals surface area (Å²) in [5.41, 5.74) is 1.14. The lowest BCUT2D eigenvalue weighted by atomic mass is 9.74. The zero-order valence-electron chi connectivity index (χ0n) is 7.71. The maximum absolute atomic E-state index is 11.6. The Balaban J connectivity index is 0.000000490. The molecule has 0 aromatic carbocycles. The van der Waals surface area contributed by atoms with E-state index in [2.05, 4.69) is 16.7 Å². The molecule has 0 radical (unpaired) electrons. The van der Waals surface area contributed by atoms with Gasteiger partial charge in [0.1, 0.15) is 0 Å². The van der Waals surface area contributed by atoms with Gasteiger partial charge in [-0.05, 0) is 25.9 Å². The Hall–Kier alpha value is -0.250. The van der Waals surface area contributed by atoms with Gasteiger partial charge in [0.25, 0.3) is 0 Å². The highest BCUT2D eigenvalue weighted by atomic mass is 35.5. The molecule has 0 bridgehead atoms. The summed E-state index contributed by atoms with van der Waals surface area (Å²) in [6.07, 6.45) is 4.19. The van der Waals surface area contributed by atoms with Crippen molar-refractivity contribution in [3.05, 3.63) is 11.8 Å². The van der Waals surface area contributed by atoms with Crippen LogP contribution >= 0.6 is 24.8 Å². The molecule has 2 aliphatic heterocycles. The Bertz CT molecular complexity index is 285. The number of rotatable bonds is 0. The van der Waals surface area contributed by atoms with Crippen molar-refractivity contribution in [1.82, 2.24) is 10.6 Å². The van der Waals surface area contributed by atoms with E-state index in [1.54, 1.807) is 0 Å². The second kappa shape index (κ2) is 3.72. The van der Waals surface area contributed by atoms with Gasteiger partial charge in [-0.2, -0.15) is 0 Å². The molecule has 1 amide bonds. The number of allylic oxidation sites excluding steroid dienone is 2. The van der Waals surface area contributed by atoms with Gasteiger partial charge < -0.3 is 10.6 Å². The van der Waals surface area contributed by atoms with Crippen LogP contribution in [-0.2, 0) is 4.79 Å². The van der Waals surface area contributed by atoms with Gasteiger partial charge >= 0.3 is 0 Å². The molecule has 2 heterocycles. The Labute approximate surface area is 95.5 Å². The van der Waals surface area contributed by atoms with E-state index in [1.807, 2.05) is 0 Å². The first kappa shape index (κ1) is 11.8. The third kappa shape index (κ3) is 1.35. The van der Waals surface area contributed by atoms with E-state index in [1.165, 1.54) is 5.70 Å². The third-order valence-electron chi connectivity index (χ3n) is 3.37. The van der Waals surface area contributed by atoms with E-state index in [9.17, 15) is 4.79 Å². The average Bonchev–Trinajstić information content (AvgIpc) is 2.80. The lowest BCUT2D eigenvalue weighted by Gasteiger charge is -2.32. The molecule has 3 rings (SSSR count). The molecule has 5 heteroatoms. The number of carbonyl (C=O) groups is 1. The normalized spacial score (nSPS) is 30.7. The van der Waals surface area contributed by atoms with Gasteiger partial charge in [-0.25, -0.2) is 0 Å². The van der Waals surface area contributed by atoms with Crippen LogP contribution in [0.5, 0.6) is 0 Å². The molecule has 1 unspecified atom stereocenters. The third-order valence-corrected chi connectivity index (χ3v) is 3.37. The van der Waals surface area contributed by atoms with Crippen LogP contribution in [0.4, 0.5) is 0 Å². The minimum atomic E-state index is -0.0411. The van der Waals surface area contributed by atoms with Crippen LogP contribution in [0.3, 0.4) is 0 Å². The van der Waals surface area contributed by atoms with Crippen molar-refractivity contribution in [3.8, 4) is 0 Å². The first-order chi connectivity index (χ1) is 5.83. The fourth-order valence-electron chi connectivity index (χ4n) is 2.52. The Morgan fingerprint density at radius 3 is 2.43 bits per heavy atom. The molecule has 2 N–H and O–H groups in total. The summed E-state index contributed by atoms with van der Waals surface area (Å²) >= 11 is 0. The van der Waals surface area contributed by atoms with E-state index >= 15 is 0 Å². The van der Waals surface area contributed by atoms with Crippen LogP contribution in [0, 0.1) is 11.3 Å². The highest BCUT2D eigenvalue weighted by Crippen LogP contribution is 2.53. The minimum Gasteiger partial charge on any atom is -0.329 e. The molecule has 80 valence electrons. The van der Waals surface area contributed by atoms with Crippen LogP contribution < -0.4 is 10.6 Å². The molecule has 1 aliphatic carbocycles. The number of hydrogen-bond acceptors (Lipinski definition) is 2. The largest absolute Gasteiger partial charge is 0.329 e. The summed E-state index contributed by atoms with van der Waals surface area (Å²) in [5.74, 6) is 0.749. The zero-order valence-corrected chi connectivity index (χ0v) is 9.34. The van der Waals surface area contributed by atoms with Crippen LogP contribution in [0.25, 0.3) is 0 Å². The molecule has 0 aromatic rings. The van der Waals surface area contributed by atoms with Gasteiger partial charge in [0.2, 0.25) is 5.91 Å². The number of nitrogens with one attached hydrogen (secondary N) is 2. The van der Waals surface area contributed by atoms with Gasteiger partial charge in [0.05, 0.1) is 5.41 Å². The van der Waals surface area contributed by atoms with E-state index in [4.69, 9.17) is 0 Å². The summed E-state index contributed by atoms with van der Waals surface area (Å²) in [6.45, 7) is 1.98. The predicted molar refractivity (Wildman–Crippen MR) is 58.7 cm³/mol. The van der Waals surface area contributed by atoms with Gasteiger partial charge in [-0.3, -0.25) is 4.79 Å². The van der Waals surface area contributed by atoms with Crippen LogP contribution in [0.15, 0.2) is 11.8 Å². The highest BCUT2D eigenvalue weighted by molar-refractivity contribution is 5.91. The number of halogens is 2. The summed E-state index contributed by atoms with van der Waals surface area (Å²) in [5, 5.41) is 6.24. The summed E-state index contributed by atoms with van der Waals surface area (Å²) < 4.78 is 0. The highest BCUT2D eigenvalue weighted by Gasteiger charge is 2.57. The van der Waals surface area contributed by atoms with Crippen LogP contribution in [0.2, 0.25) is 0 Å². The molecule has 0 saturated carbocycles. The molecule has 1 spiro atoms. The monoisotopic (exact) mass is 236 g/mol. The Morgan fingerprint density at radius 1 is 1.29 bits per heavy atom. The average molecular weight is 237 g/mol. The molecule has 2 fully saturated rings. The van der Waals surface area contributed by atoms with E-state index in [-0.39, 0.29) is 36.1 Å². The minimum absolute atomic E-state index is 0. The lowest BCUT2D eigenvalue weighted by Crippen LogP contribution is -2.44. The molecule has 14 heavy (non-hydrogen) atoms. The number of hydrogen-bond donors (Lipinski definition) is 2. The number of piperidine rings is 1. The molecule has 3 nitrogen and oxygen atoms in total. The molecule has 3 aliphatic rings. The first-order valence-corrected chi connectivity index (χ1v) is 4.57. The van der Waals surface area contributed by atoms with Gasteiger partial charge in [-0.1, -0.05) is 6.08 Å². The fourth-order valence-corrected chi connectivity index (χ4v) is 2.52. The van der Waals surface area contributed by atoms with Gasteiger partial charge in [0.15, 0.2) is 0 Å². The zero-order chi connectivity index (χ0) is 8.18. The van der Waals surface area contributed by atoms with Crippen molar-refractivity contribution in [3.63, 3.8) is 0 Å². The summed E-state index contributed by atoms with van der Waals surface area (Å²) in [7, 11) is 0. The van der Waals surface area contributed by atoms with Gasteiger partial charge in [-0.15, -0.1) is 24.8 Å². The van der Waals surface area contributed by atoms with E-state index in [0.717, 1.165) is 25.9 Å². The van der Waals surface area contributed by atoms with Gasteiger partial charge in [0, 0.05) is 11.6 Å². The van der Waals surface area contributed by atoms with Crippen molar-refractivity contribution >= 4 is 30.7 Å². The van der Waals surface area contributed by atoms with Crippen LogP contribution in [0.1, 0.15) is 12.8 Å². The SMILES string of the molecule is Cl.Cl.O=C1NC2=CC2C12CCNCC2.